The molecular weight excluding hydrogens is 378 g/mol. The minimum atomic E-state index is 0.400. The third-order valence-electron chi connectivity index (χ3n) is 7.14. The van der Waals surface area contributed by atoms with E-state index < -0.39 is 0 Å². The van der Waals surface area contributed by atoms with Crippen LogP contribution in [-0.2, 0) is 5.41 Å². The first kappa shape index (κ1) is 17.7. The van der Waals surface area contributed by atoms with E-state index in [9.17, 15) is 0 Å². The Morgan fingerprint density at radius 2 is 2.17 bits per heavy atom. The number of pyridine rings is 1. The number of aromatic amines is 1. The number of nitrogens with zero attached hydrogens (tertiary/aromatic N) is 3. The molecule has 0 amide bonds. The third kappa shape index (κ3) is 2.36. The maximum absolute atomic E-state index is 4.38. The largest absolute Gasteiger partial charge is 0.346 e. The molecule has 0 aromatic carbocycles. The van der Waals surface area contributed by atoms with Gasteiger partial charge in [0.1, 0.15) is 11.2 Å². The summed E-state index contributed by atoms with van der Waals surface area (Å²) in [5.41, 5.74) is 7.85. The highest BCUT2D eigenvalue weighted by Gasteiger charge is 2.57. The molecule has 1 saturated heterocycles. The van der Waals surface area contributed by atoms with Crippen molar-refractivity contribution >= 4 is 27.2 Å². The Kier molecular flexibility index (Phi) is 3.61. The number of aryl methyl sites for hydroxylation is 2. The molecule has 0 spiro atoms. The quantitative estimate of drug-likeness (QED) is 0.508. The molecule has 1 aliphatic heterocycles. The Bertz CT molecular complexity index is 1260. The lowest BCUT2D eigenvalue weighted by Crippen LogP contribution is -2.34. The van der Waals surface area contributed by atoms with Gasteiger partial charge in [-0.25, -0.2) is 9.50 Å². The number of fused-ring (bicyclic) bond motifs is 3. The Morgan fingerprint density at radius 3 is 2.97 bits per heavy atom. The molecule has 4 aromatic rings. The Labute approximate surface area is 174 Å². The first-order valence-corrected chi connectivity index (χ1v) is 11.5. The zero-order valence-electron chi connectivity index (χ0n) is 17.5. The first-order valence-electron chi connectivity index (χ1n) is 10.7. The van der Waals surface area contributed by atoms with Crippen molar-refractivity contribution in [1.29, 1.82) is 0 Å². The van der Waals surface area contributed by atoms with Gasteiger partial charge in [-0.1, -0.05) is 13.8 Å². The molecule has 2 unspecified atom stereocenters. The van der Waals surface area contributed by atoms with Crippen LogP contribution in [0.2, 0.25) is 0 Å². The van der Waals surface area contributed by atoms with Crippen molar-refractivity contribution in [2.45, 2.75) is 51.9 Å². The summed E-state index contributed by atoms with van der Waals surface area (Å²) in [6.07, 6.45) is 6.41. The van der Waals surface area contributed by atoms with Gasteiger partial charge >= 0.3 is 0 Å². The maximum atomic E-state index is 4.38. The lowest BCUT2D eigenvalue weighted by molar-refractivity contribution is 0.451. The zero-order valence-corrected chi connectivity index (χ0v) is 18.3. The molecular formula is C23H27N5S. The van der Waals surface area contributed by atoms with Crippen LogP contribution in [0.5, 0.6) is 0 Å². The van der Waals surface area contributed by atoms with Crippen molar-refractivity contribution < 1.29 is 0 Å². The van der Waals surface area contributed by atoms with Gasteiger partial charge in [-0.3, -0.25) is 0 Å². The second kappa shape index (κ2) is 5.92. The van der Waals surface area contributed by atoms with E-state index in [-0.39, 0.29) is 0 Å². The summed E-state index contributed by atoms with van der Waals surface area (Å²) in [6.45, 7) is 11.4. The molecule has 2 N–H and O–H groups in total. The number of piperidine rings is 1. The predicted octanol–water partition coefficient (Wildman–Crippen LogP) is 4.93. The van der Waals surface area contributed by atoms with Crippen molar-refractivity contribution in [1.82, 2.24) is 24.9 Å². The van der Waals surface area contributed by atoms with Gasteiger partial charge in [-0.2, -0.15) is 5.10 Å². The van der Waals surface area contributed by atoms with Crippen LogP contribution in [0, 0.1) is 19.8 Å². The van der Waals surface area contributed by atoms with Gasteiger partial charge in [0.2, 0.25) is 0 Å². The lowest BCUT2D eigenvalue weighted by Gasteiger charge is -2.23. The highest BCUT2D eigenvalue weighted by molar-refractivity contribution is 7.19. The van der Waals surface area contributed by atoms with Gasteiger partial charge in [-0.15, -0.1) is 11.3 Å². The Morgan fingerprint density at radius 1 is 1.31 bits per heavy atom. The van der Waals surface area contributed by atoms with Crippen LogP contribution < -0.4 is 5.32 Å². The summed E-state index contributed by atoms with van der Waals surface area (Å²) in [7, 11) is 0. The highest BCUT2D eigenvalue weighted by Crippen LogP contribution is 2.61. The van der Waals surface area contributed by atoms with E-state index in [1.165, 1.54) is 52.0 Å². The molecule has 2 fully saturated rings. The smallest absolute Gasteiger partial charge is 0.158 e. The molecule has 4 aromatic heterocycles. The van der Waals surface area contributed by atoms with E-state index in [0.29, 0.717) is 11.3 Å². The van der Waals surface area contributed by atoms with Gasteiger partial charge in [-0.05, 0) is 67.8 Å². The standard InChI is InChI=1S/C23H27N5S/c1-12(2)17-18-14(4)20(23-8-16(23)5-6-24-10-23)29-22(18)27-19(17)15-7-13(3)21-25-11-26-28(21)9-15/h7,9,11-12,16,24,27H,5-6,8,10H2,1-4H3. The minimum Gasteiger partial charge on any atom is -0.346 e. The maximum Gasteiger partial charge on any atom is 0.158 e. The summed E-state index contributed by atoms with van der Waals surface area (Å²) in [5, 5.41) is 9.49. The topological polar surface area (TPSA) is 58.0 Å². The van der Waals surface area contributed by atoms with E-state index >= 15 is 0 Å². The van der Waals surface area contributed by atoms with Crippen LogP contribution in [0.15, 0.2) is 18.6 Å². The van der Waals surface area contributed by atoms with Crippen molar-refractivity contribution in [2.24, 2.45) is 5.92 Å². The van der Waals surface area contributed by atoms with E-state index in [2.05, 4.69) is 60.3 Å². The number of aromatic nitrogens is 4. The zero-order chi connectivity index (χ0) is 19.9. The SMILES string of the molecule is Cc1c(C23CNCCC2C3)sc2[nH]c(-c3cc(C)c4ncnn4c3)c(C(C)C)c12. The molecule has 2 atom stereocenters. The van der Waals surface area contributed by atoms with Gasteiger partial charge in [0, 0.05) is 34.0 Å². The van der Waals surface area contributed by atoms with Crippen LogP contribution >= 0.6 is 11.3 Å². The third-order valence-corrected chi connectivity index (χ3v) is 8.57. The molecule has 1 aliphatic carbocycles. The summed E-state index contributed by atoms with van der Waals surface area (Å²) in [6, 6.07) is 2.24. The van der Waals surface area contributed by atoms with Gasteiger partial charge in [0.05, 0.1) is 5.69 Å². The molecule has 6 heteroatoms. The molecule has 5 heterocycles. The number of nitrogens with one attached hydrogen (secondary N) is 2. The summed E-state index contributed by atoms with van der Waals surface area (Å²) in [5.74, 6) is 1.33. The second-order valence-electron chi connectivity index (χ2n) is 9.29. The van der Waals surface area contributed by atoms with E-state index in [1.807, 2.05) is 15.9 Å². The van der Waals surface area contributed by atoms with Crippen molar-refractivity contribution in [3.63, 3.8) is 0 Å². The molecule has 1 saturated carbocycles. The van der Waals surface area contributed by atoms with E-state index in [0.717, 1.165) is 23.7 Å². The van der Waals surface area contributed by atoms with Crippen molar-refractivity contribution in [2.75, 3.05) is 13.1 Å². The van der Waals surface area contributed by atoms with Gasteiger partial charge < -0.3 is 10.3 Å². The van der Waals surface area contributed by atoms with E-state index in [4.69, 9.17) is 0 Å². The lowest BCUT2D eigenvalue weighted by atomic mass is 9.91. The molecule has 29 heavy (non-hydrogen) atoms. The van der Waals surface area contributed by atoms with Crippen molar-refractivity contribution in [3.05, 3.63) is 40.2 Å². The van der Waals surface area contributed by atoms with Crippen LogP contribution in [-0.4, -0.2) is 32.7 Å². The highest BCUT2D eigenvalue weighted by atomic mass is 32.1. The van der Waals surface area contributed by atoms with Gasteiger partial charge in [0.15, 0.2) is 5.65 Å². The average molecular weight is 406 g/mol. The number of H-pyrrole nitrogens is 1. The molecule has 6 rings (SSSR count). The van der Waals surface area contributed by atoms with Gasteiger partial charge in [0.25, 0.3) is 0 Å². The fraction of sp³-hybridized carbons (Fsp3) is 0.478. The average Bonchev–Trinajstić information content (AvgIpc) is 2.98. The van der Waals surface area contributed by atoms with Crippen LogP contribution in [0.4, 0.5) is 0 Å². The second-order valence-corrected chi connectivity index (χ2v) is 10.3. The molecule has 0 radical (unpaired) electrons. The number of hydrogen-bond acceptors (Lipinski definition) is 4. The van der Waals surface area contributed by atoms with Crippen LogP contribution in [0.3, 0.4) is 0 Å². The number of hydrogen-bond donors (Lipinski definition) is 2. The number of rotatable bonds is 3. The molecule has 150 valence electrons. The first-order chi connectivity index (χ1) is 14.0. The normalized spacial score (nSPS) is 24.0. The van der Waals surface area contributed by atoms with Crippen LogP contribution in [0.1, 0.15) is 54.2 Å². The Hall–Kier alpha value is -2.18. The van der Waals surface area contributed by atoms with Crippen molar-refractivity contribution in [3.8, 4) is 11.3 Å². The summed E-state index contributed by atoms with van der Waals surface area (Å²) < 4.78 is 1.89. The van der Waals surface area contributed by atoms with Crippen LogP contribution in [0.25, 0.3) is 27.1 Å². The fourth-order valence-corrected chi connectivity index (χ4v) is 7.17. The monoisotopic (exact) mass is 405 g/mol. The summed E-state index contributed by atoms with van der Waals surface area (Å²) >= 11 is 2.00. The number of thiophene rings is 1. The molecule has 5 nitrogen and oxygen atoms in total. The fourth-order valence-electron chi connectivity index (χ4n) is 5.66. The predicted molar refractivity (Wildman–Crippen MR) is 119 cm³/mol. The summed E-state index contributed by atoms with van der Waals surface area (Å²) in [4.78, 5) is 11.1. The molecule has 2 aliphatic rings. The molecule has 0 bridgehead atoms. The Balaban J connectivity index is 1.55. The minimum absolute atomic E-state index is 0.400. The van der Waals surface area contributed by atoms with E-state index in [1.54, 1.807) is 11.2 Å².